The average molecular weight is 312 g/mol. The lowest BCUT2D eigenvalue weighted by molar-refractivity contribution is 0.0958. The molecule has 110 valence electrons. The summed E-state index contributed by atoms with van der Waals surface area (Å²) in [5, 5.41) is 14.7. The molecule has 0 spiro atoms. The molecule has 0 aliphatic carbocycles. The highest BCUT2D eigenvalue weighted by Crippen LogP contribution is 2.26. The van der Waals surface area contributed by atoms with E-state index in [0.717, 1.165) is 18.5 Å². The van der Waals surface area contributed by atoms with Crippen molar-refractivity contribution in [2.24, 2.45) is 0 Å². The normalized spacial score (nSPS) is 13.5. The second-order valence-electron chi connectivity index (χ2n) is 4.80. The molecule has 0 atom stereocenters. The molecule has 0 fully saturated rings. The van der Waals surface area contributed by atoms with Gasteiger partial charge in [0.1, 0.15) is 4.88 Å². The van der Waals surface area contributed by atoms with E-state index in [9.17, 15) is 9.59 Å². The zero-order chi connectivity index (χ0) is 15.5. The van der Waals surface area contributed by atoms with Crippen molar-refractivity contribution in [1.82, 2.24) is 10.3 Å². The van der Waals surface area contributed by atoms with Gasteiger partial charge in [-0.2, -0.15) is 5.26 Å². The fourth-order valence-corrected chi connectivity index (χ4v) is 3.08. The monoisotopic (exact) mass is 312 g/mol. The van der Waals surface area contributed by atoms with Gasteiger partial charge in [0.15, 0.2) is 5.13 Å². The molecule has 2 heterocycles. The van der Waals surface area contributed by atoms with Crippen LogP contribution in [0.15, 0.2) is 24.3 Å². The SMILES string of the molecule is N#Cc1ccc(C(=O)Nc2nc3c(s2)C(=O)NCCC3)cc1. The summed E-state index contributed by atoms with van der Waals surface area (Å²) in [4.78, 5) is 28.9. The lowest BCUT2D eigenvalue weighted by Crippen LogP contribution is -2.21. The Balaban J connectivity index is 1.78. The standard InChI is InChI=1S/C15H12N4O2S/c16-8-9-3-5-10(6-4-9)13(20)19-15-18-11-2-1-7-17-14(21)12(11)22-15/h3-6H,1-2,7H2,(H,17,21)(H,18,19,20). The molecule has 0 saturated carbocycles. The summed E-state index contributed by atoms with van der Waals surface area (Å²) in [5.41, 5.74) is 1.66. The lowest BCUT2D eigenvalue weighted by Gasteiger charge is -2.01. The zero-order valence-electron chi connectivity index (χ0n) is 11.5. The summed E-state index contributed by atoms with van der Waals surface area (Å²) >= 11 is 1.18. The molecule has 6 nitrogen and oxygen atoms in total. The Kier molecular flexibility index (Phi) is 3.85. The summed E-state index contributed by atoms with van der Waals surface area (Å²) in [6.45, 7) is 0.648. The first-order valence-corrected chi connectivity index (χ1v) is 7.58. The number of aryl methyl sites for hydroxylation is 1. The topological polar surface area (TPSA) is 94.9 Å². The van der Waals surface area contributed by atoms with E-state index in [4.69, 9.17) is 5.26 Å². The van der Waals surface area contributed by atoms with Gasteiger partial charge in [0.05, 0.1) is 17.3 Å². The van der Waals surface area contributed by atoms with Crippen LogP contribution in [0, 0.1) is 11.3 Å². The largest absolute Gasteiger partial charge is 0.351 e. The van der Waals surface area contributed by atoms with Crippen LogP contribution in [0.2, 0.25) is 0 Å². The number of fused-ring (bicyclic) bond motifs is 1. The summed E-state index contributed by atoms with van der Waals surface area (Å²) < 4.78 is 0. The third kappa shape index (κ3) is 2.82. The summed E-state index contributed by atoms with van der Waals surface area (Å²) in [5.74, 6) is -0.447. The van der Waals surface area contributed by atoms with Crippen LogP contribution in [0.5, 0.6) is 0 Å². The highest BCUT2D eigenvalue weighted by molar-refractivity contribution is 7.17. The molecule has 0 radical (unpaired) electrons. The van der Waals surface area contributed by atoms with Crippen LogP contribution >= 0.6 is 11.3 Å². The molecule has 2 amide bonds. The summed E-state index contributed by atoms with van der Waals surface area (Å²) in [7, 11) is 0. The minimum Gasteiger partial charge on any atom is -0.351 e. The maximum Gasteiger partial charge on any atom is 0.263 e. The highest BCUT2D eigenvalue weighted by Gasteiger charge is 2.21. The Labute approximate surface area is 130 Å². The summed E-state index contributed by atoms with van der Waals surface area (Å²) in [6.07, 6.45) is 1.56. The van der Waals surface area contributed by atoms with E-state index in [1.54, 1.807) is 24.3 Å². The van der Waals surface area contributed by atoms with Gasteiger partial charge < -0.3 is 5.32 Å². The Morgan fingerprint density at radius 1 is 1.36 bits per heavy atom. The fraction of sp³-hybridized carbons (Fsp3) is 0.200. The maximum atomic E-state index is 12.1. The molecule has 1 aliphatic rings. The van der Waals surface area contributed by atoms with Crippen molar-refractivity contribution in [3.05, 3.63) is 46.0 Å². The number of nitriles is 1. The smallest absolute Gasteiger partial charge is 0.263 e. The van der Waals surface area contributed by atoms with Crippen molar-refractivity contribution < 1.29 is 9.59 Å². The predicted octanol–water partition coefficient (Wildman–Crippen LogP) is 1.94. The number of anilines is 1. The van der Waals surface area contributed by atoms with Gasteiger partial charge in [-0.25, -0.2) is 4.98 Å². The van der Waals surface area contributed by atoms with Crippen molar-refractivity contribution in [3.8, 4) is 6.07 Å². The quantitative estimate of drug-likeness (QED) is 0.886. The Hall–Kier alpha value is -2.72. The van der Waals surface area contributed by atoms with Gasteiger partial charge in [-0.1, -0.05) is 11.3 Å². The number of amides is 2. The number of nitrogens with one attached hydrogen (secondary N) is 2. The molecule has 2 N–H and O–H groups in total. The number of hydrogen-bond donors (Lipinski definition) is 2. The number of carbonyl (C=O) groups is 2. The molecule has 0 saturated heterocycles. The van der Waals surface area contributed by atoms with E-state index < -0.39 is 0 Å². The lowest BCUT2D eigenvalue weighted by atomic mass is 10.1. The molecule has 7 heteroatoms. The van der Waals surface area contributed by atoms with Crippen LogP contribution in [0.3, 0.4) is 0 Å². The van der Waals surface area contributed by atoms with E-state index in [1.807, 2.05) is 6.07 Å². The second-order valence-corrected chi connectivity index (χ2v) is 5.80. The Morgan fingerprint density at radius 2 is 2.14 bits per heavy atom. The molecule has 0 bridgehead atoms. The molecule has 1 aliphatic heterocycles. The Morgan fingerprint density at radius 3 is 2.86 bits per heavy atom. The van der Waals surface area contributed by atoms with Crippen LogP contribution in [0.4, 0.5) is 5.13 Å². The number of rotatable bonds is 2. The van der Waals surface area contributed by atoms with Gasteiger partial charge in [-0.15, -0.1) is 0 Å². The molecule has 3 rings (SSSR count). The minimum atomic E-state index is -0.311. The molecule has 0 unspecified atom stereocenters. The molecule has 1 aromatic carbocycles. The van der Waals surface area contributed by atoms with E-state index >= 15 is 0 Å². The van der Waals surface area contributed by atoms with Crippen molar-refractivity contribution in [1.29, 1.82) is 5.26 Å². The molecule has 2 aromatic rings. The van der Waals surface area contributed by atoms with Gasteiger partial charge in [-0.3, -0.25) is 14.9 Å². The first-order valence-electron chi connectivity index (χ1n) is 6.77. The van der Waals surface area contributed by atoms with Crippen molar-refractivity contribution in [2.75, 3.05) is 11.9 Å². The number of nitrogens with zero attached hydrogens (tertiary/aromatic N) is 2. The molecular formula is C15H12N4O2S. The van der Waals surface area contributed by atoms with E-state index in [0.29, 0.717) is 27.7 Å². The number of aromatic nitrogens is 1. The van der Waals surface area contributed by atoms with Gasteiger partial charge in [-0.05, 0) is 37.1 Å². The van der Waals surface area contributed by atoms with Crippen molar-refractivity contribution in [3.63, 3.8) is 0 Å². The molecule has 1 aromatic heterocycles. The number of benzene rings is 1. The van der Waals surface area contributed by atoms with Crippen molar-refractivity contribution in [2.45, 2.75) is 12.8 Å². The zero-order valence-corrected chi connectivity index (χ0v) is 12.4. The average Bonchev–Trinajstić information content (AvgIpc) is 2.86. The maximum absolute atomic E-state index is 12.1. The third-order valence-electron chi connectivity index (χ3n) is 3.28. The van der Waals surface area contributed by atoms with E-state index in [1.165, 1.54) is 11.3 Å². The van der Waals surface area contributed by atoms with Gasteiger partial charge in [0.25, 0.3) is 11.8 Å². The van der Waals surface area contributed by atoms with E-state index in [-0.39, 0.29) is 11.8 Å². The first-order chi connectivity index (χ1) is 10.7. The van der Waals surface area contributed by atoms with E-state index in [2.05, 4.69) is 15.6 Å². The highest BCUT2D eigenvalue weighted by atomic mass is 32.1. The predicted molar refractivity (Wildman–Crippen MR) is 81.9 cm³/mol. The molecular weight excluding hydrogens is 300 g/mol. The first kappa shape index (κ1) is 14.2. The van der Waals surface area contributed by atoms with Crippen molar-refractivity contribution >= 4 is 28.3 Å². The van der Waals surface area contributed by atoms with Crippen LogP contribution in [-0.4, -0.2) is 23.3 Å². The van der Waals surface area contributed by atoms with Gasteiger partial charge in [0, 0.05) is 12.1 Å². The van der Waals surface area contributed by atoms with Gasteiger partial charge >= 0.3 is 0 Å². The number of thiazole rings is 1. The fourth-order valence-electron chi connectivity index (χ4n) is 2.16. The van der Waals surface area contributed by atoms with Crippen LogP contribution < -0.4 is 10.6 Å². The van der Waals surface area contributed by atoms with Crippen LogP contribution in [0.25, 0.3) is 0 Å². The second kappa shape index (κ2) is 5.95. The minimum absolute atomic E-state index is 0.135. The number of carbonyl (C=O) groups excluding carboxylic acids is 2. The Bertz CT molecular complexity index is 774. The molecule has 22 heavy (non-hydrogen) atoms. The van der Waals surface area contributed by atoms with Crippen LogP contribution in [-0.2, 0) is 6.42 Å². The third-order valence-corrected chi connectivity index (χ3v) is 4.29. The number of hydrogen-bond acceptors (Lipinski definition) is 5. The van der Waals surface area contributed by atoms with Gasteiger partial charge in [0.2, 0.25) is 0 Å². The summed E-state index contributed by atoms with van der Waals surface area (Å²) in [6, 6.07) is 8.33. The van der Waals surface area contributed by atoms with Crippen LogP contribution in [0.1, 0.15) is 37.7 Å².